The molecular weight excluding hydrogens is 318 g/mol. The highest BCUT2D eigenvalue weighted by molar-refractivity contribution is 7.89. The van der Waals surface area contributed by atoms with Crippen molar-refractivity contribution in [3.63, 3.8) is 0 Å². The van der Waals surface area contributed by atoms with Gasteiger partial charge >= 0.3 is 0 Å². The number of rotatable bonds is 5. The molecule has 1 N–H and O–H groups in total. The number of benzene rings is 1. The Bertz CT molecular complexity index is 640. The van der Waals surface area contributed by atoms with Crippen molar-refractivity contribution in [1.29, 1.82) is 0 Å². The Labute approximate surface area is 138 Å². The summed E-state index contributed by atoms with van der Waals surface area (Å²) < 4.78 is 23.2. The average molecular weight is 342 g/mol. The quantitative estimate of drug-likeness (QED) is 0.870. The van der Waals surface area contributed by atoms with Gasteiger partial charge in [0.1, 0.15) is 0 Å². The molecule has 0 radical (unpaired) electrons. The van der Waals surface area contributed by atoms with Gasteiger partial charge in [0.15, 0.2) is 9.84 Å². The Morgan fingerprint density at radius 3 is 2.64 bits per heavy atom. The summed E-state index contributed by atoms with van der Waals surface area (Å²) in [6.45, 7) is 0. The van der Waals surface area contributed by atoms with E-state index in [2.05, 4.69) is 5.32 Å². The van der Waals surface area contributed by atoms with E-state index in [0.717, 1.165) is 29.5 Å². The summed E-state index contributed by atoms with van der Waals surface area (Å²) in [5, 5.41) is 4.22. The molecule has 2 aliphatic rings. The van der Waals surface area contributed by atoms with E-state index in [1.807, 2.05) is 12.1 Å². The third-order valence-electron chi connectivity index (χ3n) is 4.85. The molecule has 0 spiro atoms. The summed E-state index contributed by atoms with van der Waals surface area (Å²) in [4.78, 5) is 0. The smallest absolute Gasteiger partial charge is 0.151 e. The van der Waals surface area contributed by atoms with Crippen molar-refractivity contribution in [2.75, 3.05) is 11.6 Å². The summed E-state index contributed by atoms with van der Waals surface area (Å²) in [7, 11) is -3.05. The van der Waals surface area contributed by atoms with Crippen LogP contribution in [0.15, 0.2) is 18.2 Å². The van der Waals surface area contributed by atoms with Crippen molar-refractivity contribution in [2.24, 2.45) is 11.8 Å². The summed E-state index contributed by atoms with van der Waals surface area (Å²) in [6, 6.07) is 5.90. The number of hydrogen-bond donors (Lipinski definition) is 1. The van der Waals surface area contributed by atoms with E-state index in [4.69, 9.17) is 11.6 Å². The normalized spacial score (nSPS) is 25.9. The van der Waals surface area contributed by atoms with Crippen LogP contribution in [0, 0.1) is 11.8 Å². The van der Waals surface area contributed by atoms with Crippen LogP contribution in [0.4, 0.5) is 5.69 Å². The number of sulfone groups is 1. The van der Waals surface area contributed by atoms with Crippen molar-refractivity contribution in [3.8, 4) is 0 Å². The largest absolute Gasteiger partial charge is 0.382 e. The van der Waals surface area contributed by atoms with Crippen LogP contribution < -0.4 is 5.32 Å². The molecule has 2 atom stereocenters. The number of nitrogens with one attached hydrogen (secondary N) is 1. The van der Waals surface area contributed by atoms with E-state index < -0.39 is 9.84 Å². The lowest BCUT2D eigenvalue weighted by Crippen LogP contribution is -2.28. The van der Waals surface area contributed by atoms with Crippen molar-refractivity contribution >= 4 is 27.1 Å². The lowest BCUT2D eigenvalue weighted by atomic mass is 9.82. The first-order chi connectivity index (χ1) is 10.4. The highest BCUT2D eigenvalue weighted by Gasteiger charge is 2.34. The minimum Gasteiger partial charge on any atom is -0.382 e. The highest BCUT2D eigenvalue weighted by atomic mass is 35.5. The van der Waals surface area contributed by atoms with Gasteiger partial charge in [0, 0.05) is 23.0 Å². The molecule has 2 fully saturated rings. The fourth-order valence-corrected chi connectivity index (χ4v) is 4.65. The molecule has 3 rings (SSSR count). The van der Waals surface area contributed by atoms with Crippen LogP contribution in [-0.2, 0) is 15.6 Å². The molecule has 2 saturated carbocycles. The zero-order chi connectivity index (χ0) is 15.7. The van der Waals surface area contributed by atoms with Gasteiger partial charge in [0.25, 0.3) is 0 Å². The highest BCUT2D eigenvalue weighted by Crippen LogP contribution is 2.44. The molecule has 122 valence electrons. The maximum Gasteiger partial charge on any atom is 0.151 e. The summed E-state index contributed by atoms with van der Waals surface area (Å²) >= 11 is 6.11. The fraction of sp³-hybridized carbons (Fsp3) is 0.647. The SMILES string of the molecule is CS(=O)(=O)Cc1ccc(Cl)cc1N[C@@H]1CCC[C@H](C2CC2)C1. The number of hydrogen-bond acceptors (Lipinski definition) is 3. The Morgan fingerprint density at radius 2 is 1.95 bits per heavy atom. The monoisotopic (exact) mass is 341 g/mol. The third kappa shape index (κ3) is 4.39. The molecule has 0 saturated heterocycles. The van der Waals surface area contributed by atoms with E-state index in [1.165, 1.54) is 38.4 Å². The maximum atomic E-state index is 11.6. The predicted octanol–water partition coefficient (Wildman–Crippen LogP) is 4.27. The van der Waals surface area contributed by atoms with Gasteiger partial charge in [-0.05, 0) is 55.2 Å². The Morgan fingerprint density at radius 1 is 1.18 bits per heavy atom. The van der Waals surface area contributed by atoms with E-state index in [9.17, 15) is 8.42 Å². The van der Waals surface area contributed by atoms with Crippen LogP contribution in [0.25, 0.3) is 0 Å². The van der Waals surface area contributed by atoms with E-state index in [1.54, 1.807) is 6.07 Å². The molecule has 0 bridgehead atoms. The lowest BCUT2D eigenvalue weighted by molar-refractivity contribution is 0.303. The molecule has 0 heterocycles. The minimum absolute atomic E-state index is 0.0608. The van der Waals surface area contributed by atoms with Gasteiger partial charge in [-0.2, -0.15) is 0 Å². The second kappa shape index (κ2) is 6.40. The number of anilines is 1. The van der Waals surface area contributed by atoms with Crippen molar-refractivity contribution in [1.82, 2.24) is 0 Å². The van der Waals surface area contributed by atoms with Gasteiger partial charge in [0.05, 0.1) is 5.75 Å². The standard InChI is InChI=1S/C17H24ClNO2S/c1-22(20,21)11-14-7-8-15(18)10-17(14)19-16-4-2-3-13(9-16)12-5-6-12/h7-8,10,12-13,16,19H,2-6,9,11H2,1H3/t13-,16+/m0/s1. The van der Waals surface area contributed by atoms with Gasteiger partial charge < -0.3 is 5.32 Å². The molecule has 3 nitrogen and oxygen atoms in total. The summed E-state index contributed by atoms with van der Waals surface area (Å²) in [6.07, 6.45) is 9.05. The van der Waals surface area contributed by atoms with Gasteiger partial charge in [-0.3, -0.25) is 0 Å². The van der Waals surface area contributed by atoms with E-state index in [-0.39, 0.29) is 5.75 Å². The topological polar surface area (TPSA) is 46.2 Å². The molecule has 0 aliphatic heterocycles. The zero-order valence-corrected chi connectivity index (χ0v) is 14.6. The Balaban J connectivity index is 1.74. The molecule has 2 aliphatic carbocycles. The van der Waals surface area contributed by atoms with Gasteiger partial charge in [-0.1, -0.05) is 30.5 Å². The second-order valence-corrected chi connectivity index (χ2v) is 9.55. The van der Waals surface area contributed by atoms with Crippen molar-refractivity contribution in [3.05, 3.63) is 28.8 Å². The molecule has 1 aromatic carbocycles. The van der Waals surface area contributed by atoms with E-state index >= 15 is 0 Å². The summed E-state index contributed by atoms with van der Waals surface area (Å²) in [5.41, 5.74) is 1.71. The van der Waals surface area contributed by atoms with Crippen LogP contribution >= 0.6 is 11.6 Å². The molecule has 22 heavy (non-hydrogen) atoms. The average Bonchev–Trinajstić information content (AvgIpc) is 3.25. The van der Waals surface area contributed by atoms with Crippen LogP contribution in [-0.4, -0.2) is 20.7 Å². The van der Waals surface area contributed by atoms with Gasteiger partial charge in [-0.15, -0.1) is 0 Å². The molecule has 0 aromatic heterocycles. The number of halogens is 1. The molecular formula is C17H24ClNO2S. The van der Waals surface area contributed by atoms with Gasteiger partial charge in [-0.25, -0.2) is 8.42 Å². The molecule has 5 heteroatoms. The van der Waals surface area contributed by atoms with Crippen LogP contribution in [0.3, 0.4) is 0 Å². The Hall–Kier alpha value is -0.740. The van der Waals surface area contributed by atoms with Crippen LogP contribution in [0.1, 0.15) is 44.1 Å². The van der Waals surface area contributed by atoms with Gasteiger partial charge in [0.2, 0.25) is 0 Å². The first kappa shape index (κ1) is 16.1. The molecule has 1 aromatic rings. The predicted molar refractivity (Wildman–Crippen MR) is 92.1 cm³/mol. The zero-order valence-electron chi connectivity index (χ0n) is 13.0. The lowest BCUT2D eigenvalue weighted by Gasteiger charge is -2.31. The molecule has 0 unspecified atom stereocenters. The first-order valence-electron chi connectivity index (χ1n) is 8.13. The summed E-state index contributed by atoms with van der Waals surface area (Å²) in [5.74, 6) is 1.86. The first-order valence-corrected chi connectivity index (χ1v) is 10.6. The second-order valence-electron chi connectivity index (χ2n) is 6.98. The third-order valence-corrected chi connectivity index (χ3v) is 5.92. The molecule has 0 amide bonds. The van der Waals surface area contributed by atoms with Crippen molar-refractivity contribution < 1.29 is 8.42 Å². The van der Waals surface area contributed by atoms with E-state index in [0.29, 0.717) is 11.1 Å². The maximum absolute atomic E-state index is 11.6. The van der Waals surface area contributed by atoms with Crippen LogP contribution in [0.5, 0.6) is 0 Å². The Kier molecular flexibility index (Phi) is 4.69. The fourth-order valence-electron chi connectivity index (χ4n) is 3.67. The minimum atomic E-state index is -3.05. The van der Waals surface area contributed by atoms with Crippen LogP contribution in [0.2, 0.25) is 5.02 Å². The van der Waals surface area contributed by atoms with Crippen molar-refractivity contribution in [2.45, 2.75) is 50.3 Å².